The summed E-state index contributed by atoms with van der Waals surface area (Å²) in [7, 11) is 0. The minimum Gasteiger partial charge on any atom is -0.481 e. The highest BCUT2D eigenvalue weighted by Gasteiger charge is 2.32. The predicted octanol–water partition coefficient (Wildman–Crippen LogP) is 2.41. The highest BCUT2D eigenvalue weighted by Crippen LogP contribution is 2.44. The van der Waals surface area contributed by atoms with Crippen molar-refractivity contribution in [2.45, 2.75) is 19.4 Å². The lowest BCUT2D eigenvalue weighted by Gasteiger charge is -2.36. The number of nitrogens with zero attached hydrogens (tertiary/aromatic N) is 3. The number of carboxylic acid groups (broad SMARTS) is 1. The van der Waals surface area contributed by atoms with Crippen molar-refractivity contribution in [3.05, 3.63) is 28.9 Å². The minimum atomic E-state index is -0.760. The van der Waals surface area contributed by atoms with Crippen LogP contribution >= 0.6 is 22.7 Å². The van der Waals surface area contributed by atoms with Gasteiger partial charge in [0.1, 0.15) is 15.5 Å². The zero-order valence-corrected chi connectivity index (χ0v) is 17.8. The van der Waals surface area contributed by atoms with Gasteiger partial charge in [-0.15, -0.1) is 22.7 Å². The number of hydrogen-bond donors (Lipinski definition) is 3. The van der Waals surface area contributed by atoms with E-state index in [0.29, 0.717) is 26.1 Å². The Morgan fingerprint density at radius 2 is 2.20 bits per heavy atom. The van der Waals surface area contributed by atoms with Crippen LogP contribution in [0, 0.1) is 5.92 Å². The molecule has 3 N–H and O–H groups in total. The summed E-state index contributed by atoms with van der Waals surface area (Å²) in [6, 6.07) is 1.96. The lowest BCUT2D eigenvalue weighted by molar-refractivity contribution is -0.147. The Kier molecular flexibility index (Phi) is 5.23. The number of hydrogen-bond acceptors (Lipinski definition) is 8. The first-order valence-corrected chi connectivity index (χ1v) is 11.5. The van der Waals surface area contributed by atoms with Gasteiger partial charge in [-0.2, -0.15) is 0 Å². The smallest absolute Gasteiger partial charge is 0.309 e. The van der Waals surface area contributed by atoms with Gasteiger partial charge in [-0.25, -0.2) is 4.98 Å². The zero-order chi connectivity index (χ0) is 20.7. The Balaban J connectivity index is 1.35. The average Bonchev–Trinajstić information content (AvgIpc) is 3.26. The summed E-state index contributed by atoms with van der Waals surface area (Å²) in [5, 5.41) is 17.3. The van der Waals surface area contributed by atoms with Crippen LogP contribution in [0.1, 0.15) is 16.9 Å². The van der Waals surface area contributed by atoms with Crippen molar-refractivity contribution in [2.24, 2.45) is 5.92 Å². The fraction of sp³-hybridized carbons (Fsp3) is 0.400. The third kappa shape index (κ3) is 3.71. The SMILES string of the molecule is O=C(CCN1CC(C(=O)O)C1)Nc1sc2c(c1-c1nc3cnccc3s1)CCNC2. The number of carbonyl (C=O) groups excluding carboxylic acids is 1. The molecule has 10 heteroatoms. The van der Waals surface area contributed by atoms with E-state index in [9.17, 15) is 9.59 Å². The molecule has 0 spiro atoms. The second-order valence-electron chi connectivity index (χ2n) is 7.59. The van der Waals surface area contributed by atoms with Crippen molar-refractivity contribution in [3.63, 3.8) is 0 Å². The quantitative estimate of drug-likeness (QED) is 0.537. The van der Waals surface area contributed by atoms with E-state index in [0.717, 1.165) is 45.3 Å². The molecule has 1 amide bonds. The van der Waals surface area contributed by atoms with Crippen LogP contribution in [0.3, 0.4) is 0 Å². The van der Waals surface area contributed by atoms with Gasteiger partial charge >= 0.3 is 5.97 Å². The Bertz CT molecular complexity index is 1090. The van der Waals surface area contributed by atoms with Crippen molar-refractivity contribution in [3.8, 4) is 10.6 Å². The highest BCUT2D eigenvalue weighted by molar-refractivity contribution is 7.22. The molecule has 0 aliphatic carbocycles. The number of pyridine rings is 1. The first-order valence-electron chi connectivity index (χ1n) is 9.89. The van der Waals surface area contributed by atoms with Gasteiger partial charge in [0.25, 0.3) is 0 Å². The van der Waals surface area contributed by atoms with E-state index in [1.165, 1.54) is 10.4 Å². The number of carbonyl (C=O) groups is 2. The van der Waals surface area contributed by atoms with Gasteiger partial charge in [0, 0.05) is 49.2 Å². The molecule has 3 aromatic heterocycles. The third-order valence-electron chi connectivity index (χ3n) is 5.55. The van der Waals surface area contributed by atoms with Gasteiger partial charge < -0.3 is 20.6 Å². The number of aliphatic carboxylic acids is 1. The van der Waals surface area contributed by atoms with Crippen LogP contribution in [0.25, 0.3) is 20.8 Å². The van der Waals surface area contributed by atoms with Crippen LogP contribution in [-0.2, 0) is 22.6 Å². The molecule has 1 fully saturated rings. The summed E-state index contributed by atoms with van der Waals surface area (Å²) < 4.78 is 1.08. The molecule has 0 bridgehead atoms. The minimum absolute atomic E-state index is 0.0515. The number of rotatable bonds is 6. The van der Waals surface area contributed by atoms with Crippen LogP contribution < -0.4 is 10.6 Å². The molecular formula is C20H21N5O3S2. The second kappa shape index (κ2) is 8.03. The summed E-state index contributed by atoms with van der Waals surface area (Å²) in [6.45, 7) is 3.33. The standard InChI is InChI=1S/C20H21N5O3S2/c26-16(3-6-25-9-11(10-25)20(27)28)24-19-17(12-1-4-22-8-15(12)30-19)18-23-13-7-21-5-2-14(13)29-18/h2,5,7,11,22H,1,3-4,6,8-10H2,(H,24,26)(H,27,28). The molecule has 3 aromatic rings. The third-order valence-corrected chi connectivity index (χ3v) is 7.75. The van der Waals surface area contributed by atoms with Crippen LogP contribution in [0.2, 0.25) is 0 Å². The number of fused-ring (bicyclic) bond motifs is 2. The fourth-order valence-electron chi connectivity index (χ4n) is 3.89. The molecule has 5 rings (SSSR count). The average molecular weight is 444 g/mol. The van der Waals surface area contributed by atoms with Crippen LogP contribution in [-0.4, -0.2) is 58.0 Å². The number of likely N-dealkylation sites (tertiary alicyclic amines) is 1. The Morgan fingerprint density at radius 3 is 3.00 bits per heavy atom. The number of aromatic nitrogens is 2. The topological polar surface area (TPSA) is 107 Å². The Morgan fingerprint density at radius 1 is 1.33 bits per heavy atom. The first kappa shape index (κ1) is 19.6. The Labute approximate surface area is 181 Å². The van der Waals surface area contributed by atoms with E-state index in [1.807, 2.05) is 11.0 Å². The normalized spacial score (nSPS) is 16.9. The molecule has 2 aliphatic rings. The molecule has 5 heterocycles. The number of anilines is 1. The molecule has 0 aromatic carbocycles. The predicted molar refractivity (Wildman–Crippen MR) is 117 cm³/mol. The van der Waals surface area contributed by atoms with Crippen LogP contribution in [0.4, 0.5) is 5.00 Å². The van der Waals surface area contributed by atoms with Gasteiger partial charge in [0.2, 0.25) is 5.91 Å². The molecule has 0 atom stereocenters. The molecule has 156 valence electrons. The lowest BCUT2D eigenvalue weighted by atomic mass is 10.0. The number of amides is 1. The summed E-state index contributed by atoms with van der Waals surface area (Å²) in [5.74, 6) is -1.11. The monoisotopic (exact) mass is 443 g/mol. The fourth-order valence-corrected chi connectivity index (χ4v) is 6.20. The maximum atomic E-state index is 12.7. The molecule has 0 radical (unpaired) electrons. The largest absolute Gasteiger partial charge is 0.481 e. The van der Waals surface area contributed by atoms with Gasteiger partial charge in [0.05, 0.1) is 16.8 Å². The maximum absolute atomic E-state index is 12.7. The molecule has 30 heavy (non-hydrogen) atoms. The number of thiophene rings is 1. The molecule has 2 aliphatic heterocycles. The van der Waals surface area contributed by atoms with Crippen molar-refractivity contribution >= 4 is 49.8 Å². The molecule has 1 saturated heterocycles. The van der Waals surface area contributed by atoms with Gasteiger partial charge in [-0.05, 0) is 24.6 Å². The van der Waals surface area contributed by atoms with Gasteiger partial charge in [-0.1, -0.05) is 0 Å². The number of carboxylic acids is 1. The van der Waals surface area contributed by atoms with Gasteiger partial charge in [0.15, 0.2) is 0 Å². The van der Waals surface area contributed by atoms with E-state index in [4.69, 9.17) is 10.1 Å². The van der Waals surface area contributed by atoms with E-state index in [-0.39, 0.29) is 11.8 Å². The molecule has 0 unspecified atom stereocenters. The van der Waals surface area contributed by atoms with E-state index >= 15 is 0 Å². The summed E-state index contributed by atoms with van der Waals surface area (Å²) >= 11 is 3.24. The summed E-state index contributed by atoms with van der Waals surface area (Å²) in [4.78, 5) is 35.8. The molecule has 8 nitrogen and oxygen atoms in total. The van der Waals surface area contributed by atoms with Gasteiger partial charge in [-0.3, -0.25) is 14.6 Å². The summed E-state index contributed by atoms with van der Waals surface area (Å²) in [6.07, 6.45) is 4.79. The number of thiazole rings is 1. The van der Waals surface area contributed by atoms with Crippen molar-refractivity contribution < 1.29 is 14.7 Å². The van der Waals surface area contributed by atoms with E-state index in [2.05, 4.69) is 15.6 Å². The van der Waals surface area contributed by atoms with E-state index < -0.39 is 5.97 Å². The van der Waals surface area contributed by atoms with Crippen molar-refractivity contribution in [1.29, 1.82) is 0 Å². The van der Waals surface area contributed by atoms with Crippen molar-refractivity contribution in [1.82, 2.24) is 20.2 Å². The molecule has 0 saturated carbocycles. The summed E-state index contributed by atoms with van der Waals surface area (Å²) in [5.41, 5.74) is 3.18. The number of nitrogens with one attached hydrogen (secondary N) is 2. The second-order valence-corrected chi connectivity index (χ2v) is 9.73. The Hall–Kier alpha value is -2.40. The maximum Gasteiger partial charge on any atom is 0.309 e. The van der Waals surface area contributed by atoms with Crippen LogP contribution in [0.5, 0.6) is 0 Å². The van der Waals surface area contributed by atoms with Crippen molar-refractivity contribution in [2.75, 3.05) is 31.5 Å². The van der Waals surface area contributed by atoms with E-state index in [1.54, 1.807) is 35.1 Å². The van der Waals surface area contributed by atoms with Crippen LogP contribution in [0.15, 0.2) is 18.5 Å². The lowest BCUT2D eigenvalue weighted by Crippen LogP contribution is -2.50. The first-order chi connectivity index (χ1) is 14.6. The highest BCUT2D eigenvalue weighted by atomic mass is 32.1. The zero-order valence-electron chi connectivity index (χ0n) is 16.2. The molecular weight excluding hydrogens is 422 g/mol.